The Balaban J connectivity index is 1.55. The van der Waals surface area contributed by atoms with E-state index >= 15 is 0 Å². The van der Waals surface area contributed by atoms with Gasteiger partial charge in [-0.05, 0) is 47.4 Å². The molecular weight excluding hydrogens is 384 g/mol. The zero-order chi connectivity index (χ0) is 21.2. The molecule has 0 fully saturated rings. The Morgan fingerprint density at radius 3 is 2.42 bits per heavy atom. The van der Waals surface area contributed by atoms with Crippen molar-refractivity contribution in [3.63, 3.8) is 0 Å². The lowest BCUT2D eigenvalue weighted by Crippen LogP contribution is -2.27. The molecule has 5 nitrogen and oxygen atoms in total. The van der Waals surface area contributed by atoms with Gasteiger partial charge < -0.3 is 0 Å². The largest absolute Gasteiger partial charge is 0.274 e. The number of aryl methyl sites for hydroxylation is 1. The van der Waals surface area contributed by atoms with Crippen molar-refractivity contribution in [3.8, 4) is 0 Å². The van der Waals surface area contributed by atoms with Crippen LogP contribution in [0.2, 0.25) is 0 Å². The SMILES string of the molecule is CCc1ccc(C2=NN(C(=O)c3ccccc3)[C@@H](c3ccc4nccnc4c3)C2)cc1. The van der Waals surface area contributed by atoms with Gasteiger partial charge in [0, 0.05) is 24.4 Å². The average Bonchev–Trinajstić information content (AvgIpc) is 3.29. The van der Waals surface area contributed by atoms with Crippen molar-refractivity contribution in [1.29, 1.82) is 0 Å². The van der Waals surface area contributed by atoms with Crippen molar-refractivity contribution < 1.29 is 4.79 Å². The van der Waals surface area contributed by atoms with Crippen LogP contribution in [0.25, 0.3) is 11.0 Å². The zero-order valence-electron chi connectivity index (χ0n) is 17.3. The Bertz CT molecular complexity index is 1270. The van der Waals surface area contributed by atoms with Crippen LogP contribution in [0.3, 0.4) is 0 Å². The van der Waals surface area contributed by atoms with Gasteiger partial charge in [0.1, 0.15) is 0 Å². The molecule has 1 aliphatic heterocycles. The second-order valence-electron chi connectivity index (χ2n) is 7.64. The van der Waals surface area contributed by atoms with Crippen LogP contribution in [0.4, 0.5) is 0 Å². The second-order valence-corrected chi connectivity index (χ2v) is 7.64. The van der Waals surface area contributed by atoms with Crippen molar-refractivity contribution in [2.45, 2.75) is 25.8 Å². The number of benzene rings is 3. The zero-order valence-corrected chi connectivity index (χ0v) is 17.3. The van der Waals surface area contributed by atoms with E-state index in [1.54, 1.807) is 17.4 Å². The first kappa shape index (κ1) is 19.1. The molecule has 1 atom stereocenters. The number of carbonyl (C=O) groups is 1. The summed E-state index contributed by atoms with van der Waals surface area (Å²) in [6, 6.07) is 23.5. The number of carbonyl (C=O) groups excluding carboxylic acids is 1. The molecule has 0 unspecified atom stereocenters. The quantitative estimate of drug-likeness (QED) is 0.469. The summed E-state index contributed by atoms with van der Waals surface area (Å²) in [5, 5.41) is 6.41. The summed E-state index contributed by atoms with van der Waals surface area (Å²) in [5.74, 6) is -0.106. The minimum atomic E-state index is -0.194. The fourth-order valence-corrected chi connectivity index (χ4v) is 3.97. The summed E-state index contributed by atoms with van der Waals surface area (Å²) in [6.45, 7) is 2.14. The molecule has 1 amide bonds. The number of hydrogen-bond acceptors (Lipinski definition) is 4. The van der Waals surface area contributed by atoms with E-state index in [1.807, 2.05) is 48.5 Å². The van der Waals surface area contributed by atoms with Crippen molar-refractivity contribution in [2.75, 3.05) is 0 Å². The first-order chi connectivity index (χ1) is 15.2. The van der Waals surface area contributed by atoms with E-state index in [0.717, 1.165) is 34.3 Å². The molecule has 1 aliphatic rings. The number of hydrogen-bond donors (Lipinski definition) is 0. The van der Waals surface area contributed by atoms with Crippen LogP contribution in [0.15, 0.2) is 90.3 Å². The monoisotopic (exact) mass is 406 g/mol. The maximum absolute atomic E-state index is 13.4. The van der Waals surface area contributed by atoms with Gasteiger partial charge in [0.2, 0.25) is 0 Å². The van der Waals surface area contributed by atoms with E-state index in [-0.39, 0.29) is 11.9 Å². The molecule has 5 heteroatoms. The topological polar surface area (TPSA) is 58.5 Å². The predicted octanol–water partition coefficient (Wildman–Crippen LogP) is 5.18. The molecular formula is C26H22N4O. The van der Waals surface area contributed by atoms with Crippen molar-refractivity contribution in [1.82, 2.24) is 15.0 Å². The standard InChI is InChI=1S/C26H22N4O/c1-2-18-8-10-19(11-9-18)23-17-25(21-12-13-22-24(16-21)28-15-14-27-22)30(29-23)26(31)20-6-4-3-5-7-20/h3-16,25H,2,17H2,1H3/t25-/m1/s1. The predicted molar refractivity (Wildman–Crippen MR) is 122 cm³/mol. The lowest BCUT2D eigenvalue weighted by atomic mass is 9.97. The third-order valence-corrected chi connectivity index (χ3v) is 5.71. The Hall–Kier alpha value is -3.86. The van der Waals surface area contributed by atoms with Crippen molar-refractivity contribution in [3.05, 3.63) is 107 Å². The maximum Gasteiger partial charge on any atom is 0.274 e. The fraction of sp³-hybridized carbons (Fsp3) is 0.154. The summed E-state index contributed by atoms with van der Waals surface area (Å²) in [5.41, 5.74) is 6.52. The Morgan fingerprint density at radius 1 is 0.935 bits per heavy atom. The van der Waals surface area contributed by atoms with E-state index in [0.29, 0.717) is 12.0 Å². The molecule has 0 N–H and O–H groups in total. The Morgan fingerprint density at radius 2 is 1.68 bits per heavy atom. The van der Waals surface area contributed by atoms with E-state index in [4.69, 9.17) is 5.10 Å². The molecule has 152 valence electrons. The van der Waals surface area contributed by atoms with Crippen molar-refractivity contribution in [2.24, 2.45) is 5.10 Å². The highest BCUT2D eigenvalue weighted by Gasteiger charge is 2.33. The number of nitrogens with zero attached hydrogens (tertiary/aromatic N) is 4. The average molecular weight is 406 g/mol. The van der Waals surface area contributed by atoms with Crippen molar-refractivity contribution >= 4 is 22.7 Å². The minimum absolute atomic E-state index is 0.106. The summed E-state index contributed by atoms with van der Waals surface area (Å²) in [4.78, 5) is 22.2. The van der Waals surface area contributed by atoms with Gasteiger partial charge in [0.25, 0.3) is 5.91 Å². The van der Waals surface area contributed by atoms with E-state index in [2.05, 4.69) is 41.2 Å². The number of aromatic nitrogens is 2. The molecule has 31 heavy (non-hydrogen) atoms. The number of amides is 1. The minimum Gasteiger partial charge on any atom is -0.267 e. The smallest absolute Gasteiger partial charge is 0.267 e. The summed E-state index contributed by atoms with van der Waals surface area (Å²) in [7, 11) is 0. The van der Waals surface area contributed by atoms with Crippen LogP contribution >= 0.6 is 0 Å². The van der Waals surface area contributed by atoms with Gasteiger partial charge >= 0.3 is 0 Å². The van der Waals surface area contributed by atoms with E-state index < -0.39 is 0 Å². The molecule has 0 radical (unpaired) electrons. The molecule has 5 rings (SSSR count). The first-order valence-electron chi connectivity index (χ1n) is 10.5. The molecule has 0 spiro atoms. The number of rotatable bonds is 4. The van der Waals surface area contributed by atoms with Crippen LogP contribution in [0.5, 0.6) is 0 Å². The van der Waals surface area contributed by atoms with Crippen LogP contribution in [-0.4, -0.2) is 26.6 Å². The van der Waals surface area contributed by atoms with Gasteiger partial charge in [-0.2, -0.15) is 5.10 Å². The van der Waals surface area contributed by atoms with Gasteiger partial charge in [-0.25, -0.2) is 5.01 Å². The molecule has 0 bridgehead atoms. The van der Waals surface area contributed by atoms with Gasteiger partial charge in [0.15, 0.2) is 0 Å². The molecule has 3 aromatic carbocycles. The van der Waals surface area contributed by atoms with E-state index in [9.17, 15) is 4.79 Å². The van der Waals surface area contributed by atoms with E-state index in [1.165, 1.54) is 5.56 Å². The number of hydrazone groups is 1. The molecule has 1 aromatic heterocycles. The van der Waals surface area contributed by atoms with Gasteiger partial charge in [0.05, 0.1) is 22.8 Å². The van der Waals surface area contributed by atoms with Crippen LogP contribution in [0, 0.1) is 0 Å². The highest BCUT2D eigenvalue weighted by atomic mass is 16.2. The van der Waals surface area contributed by atoms with Gasteiger partial charge in [-0.15, -0.1) is 0 Å². The molecule has 4 aromatic rings. The third-order valence-electron chi connectivity index (χ3n) is 5.71. The second kappa shape index (κ2) is 8.11. The van der Waals surface area contributed by atoms with Crippen LogP contribution in [0.1, 0.15) is 46.4 Å². The molecule has 0 saturated heterocycles. The Kier molecular flexibility index (Phi) is 5.00. The van der Waals surface area contributed by atoms with Gasteiger partial charge in [-0.1, -0.05) is 55.5 Å². The van der Waals surface area contributed by atoms with Crippen LogP contribution < -0.4 is 0 Å². The maximum atomic E-state index is 13.4. The Labute approximate surface area is 181 Å². The molecule has 0 saturated carbocycles. The lowest BCUT2D eigenvalue weighted by molar-refractivity contribution is 0.0711. The molecule has 0 aliphatic carbocycles. The highest BCUT2D eigenvalue weighted by Crippen LogP contribution is 2.35. The van der Waals surface area contributed by atoms with Gasteiger partial charge in [-0.3, -0.25) is 14.8 Å². The highest BCUT2D eigenvalue weighted by molar-refractivity contribution is 6.05. The number of fused-ring (bicyclic) bond motifs is 1. The summed E-state index contributed by atoms with van der Waals surface area (Å²) >= 11 is 0. The third kappa shape index (κ3) is 3.70. The first-order valence-corrected chi connectivity index (χ1v) is 10.5. The molecule has 2 heterocycles. The summed E-state index contributed by atoms with van der Waals surface area (Å²) in [6.07, 6.45) is 5.01. The lowest BCUT2D eigenvalue weighted by Gasteiger charge is -2.22. The summed E-state index contributed by atoms with van der Waals surface area (Å²) < 4.78 is 0. The normalized spacial score (nSPS) is 15.8. The van der Waals surface area contributed by atoms with Crippen LogP contribution in [-0.2, 0) is 6.42 Å². The fourth-order valence-electron chi connectivity index (χ4n) is 3.97.